The largest absolute Gasteiger partial charge is 0.461 e. The van der Waals surface area contributed by atoms with Crippen molar-refractivity contribution in [1.29, 1.82) is 0 Å². The molecule has 3 saturated heterocycles. The Balaban J connectivity index is 1.34. The van der Waals surface area contributed by atoms with Crippen LogP contribution in [0.3, 0.4) is 0 Å². The fourth-order valence-electron chi connectivity index (χ4n) is 6.27. The average Bonchev–Trinajstić information content (AvgIpc) is 2.98. The summed E-state index contributed by atoms with van der Waals surface area (Å²) in [6.45, 7) is 9.38. The zero-order valence-corrected chi connectivity index (χ0v) is 25.2. The first-order valence-electron chi connectivity index (χ1n) is 15.0. The molecule has 0 saturated carbocycles. The van der Waals surface area contributed by atoms with Gasteiger partial charge in [-0.05, 0) is 30.0 Å². The standard InChI is InChI=1S/C35H42O8/c1-23(21-38-24(2)36)17-28-18-33(40-25(3)37)35(4)34(41-28)20-31-32(43-35)19-30(39-22-27-13-9-6-10-14-27)29(42-31)16-15-26-11-7-5-8-12-26/h5-16,28-34H,1,17-22H2,2-4H3/b16-15+/t28-,29-,30+,31+,32-,33+,34-,35+/m1/s1. The monoisotopic (exact) mass is 590 g/mol. The highest BCUT2D eigenvalue weighted by atomic mass is 16.6. The van der Waals surface area contributed by atoms with E-state index >= 15 is 0 Å². The molecule has 43 heavy (non-hydrogen) atoms. The highest BCUT2D eigenvalue weighted by Gasteiger charge is 2.58. The molecule has 8 nitrogen and oxygen atoms in total. The summed E-state index contributed by atoms with van der Waals surface area (Å²) in [7, 11) is 0. The number of benzene rings is 2. The number of hydrogen-bond donors (Lipinski definition) is 0. The van der Waals surface area contributed by atoms with E-state index in [0.29, 0.717) is 32.3 Å². The van der Waals surface area contributed by atoms with Crippen molar-refractivity contribution in [2.75, 3.05) is 6.61 Å². The Kier molecular flexibility index (Phi) is 10.1. The molecule has 3 fully saturated rings. The molecule has 0 aromatic heterocycles. The maximum atomic E-state index is 12.2. The van der Waals surface area contributed by atoms with Crippen LogP contribution in [0.15, 0.2) is 78.9 Å². The second kappa shape index (κ2) is 14.0. The van der Waals surface area contributed by atoms with Gasteiger partial charge in [0.2, 0.25) is 0 Å². The topological polar surface area (TPSA) is 89.5 Å². The number of fused-ring (bicyclic) bond motifs is 2. The lowest BCUT2D eigenvalue weighted by molar-refractivity contribution is -0.324. The third-order valence-corrected chi connectivity index (χ3v) is 8.43. The first kappa shape index (κ1) is 31.1. The number of esters is 2. The lowest BCUT2D eigenvalue weighted by Crippen LogP contribution is -2.68. The number of rotatable bonds is 10. The highest BCUT2D eigenvalue weighted by Crippen LogP contribution is 2.46. The highest BCUT2D eigenvalue weighted by molar-refractivity contribution is 5.66. The van der Waals surface area contributed by atoms with Crippen molar-refractivity contribution in [2.45, 2.75) is 101 Å². The Hall–Kier alpha value is -3.30. The van der Waals surface area contributed by atoms with Gasteiger partial charge in [-0.25, -0.2) is 0 Å². The van der Waals surface area contributed by atoms with E-state index in [9.17, 15) is 9.59 Å². The van der Waals surface area contributed by atoms with Crippen molar-refractivity contribution in [1.82, 2.24) is 0 Å². The molecule has 0 amide bonds. The third kappa shape index (κ3) is 8.00. The summed E-state index contributed by atoms with van der Waals surface area (Å²) < 4.78 is 37.5. The van der Waals surface area contributed by atoms with Crippen molar-refractivity contribution in [3.8, 4) is 0 Å². The number of carbonyl (C=O) groups is 2. The van der Waals surface area contributed by atoms with Crippen molar-refractivity contribution in [3.05, 3.63) is 90.0 Å². The number of carbonyl (C=O) groups excluding carboxylic acids is 2. The second-order valence-electron chi connectivity index (χ2n) is 11.9. The molecule has 2 aromatic carbocycles. The number of ether oxygens (including phenoxy) is 6. The van der Waals surface area contributed by atoms with Crippen molar-refractivity contribution < 1.29 is 38.0 Å². The molecule has 0 spiro atoms. The van der Waals surface area contributed by atoms with E-state index in [1.54, 1.807) is 0 Å². The Labute approximate surface area is 253 Å². The Bertz CT molecular complexity index is 1280. The van der Waals surface area contributed by atoms with E-state index in [1.807, 2.05) is 55.5 Å². The fraction of sp³-hybridized carbons (Fsp3) is 0.486. The minimum Gasteiger partial charge on any atom is -0.461 e. The van der Waals surface area contributed by atoms with Crippen LogP contribution in [-0.2, 0) is 44.6 Å². The van der Waals surface area contributed by atoms with Crippen molar-refractivity contribution in [2.24, 2.45) is 0 Å². The van der Waals surface area contributed by atoms with E-state index in [4.69, 9.17) is 28.4 Å². The summed E-state index contributed by atoms with van der Waals surface area (Å²) in [4.78, 5) is 23.4. The molecule has 8 heteroatoms. The van der Waals surface area contributed by atoms with Crippen LogP contribution in [0.5, 0.6) is 0 Å². The molecule has 0 radical (unpaired) electrons. The molecule has 230 valence electrons. The van der Waals surface area contributed by atoms with Gasteiger partial charge in [0.25, 0.3) is 0 Å². The molecule has 0 N–H and O–H groups in total. The van der Waals surface area contributed by atoms with Gasteiger partial charge in [0.15, 0.2) is 0 Å². The Morgan fingerprint density at radius 2 is 1.67 bits per heavy atom. The molecule has 0 aliphatic carbocycles. The van der Waals surface area contributed by atoms with Gasteiger partial charge < -0.3 is 28.4 Å². The van der Waals surface area contributed by atoms with Gasteiger partial charge in [-0.3, -0.25) is 9.59 Å². The molecule has 3 aliphatic heterocycles. The Morgan fingerprint density at radius 1 is 0.953 bits per heavy atom. The lowest BCUT2D eigenvalue weighted by Gasteiger charge is -2.56. The van der Waals surface area contributed by atoms with Crippen molar-refractivity contribution >= 4 is 18.0 Å². The summed E-state index contributed by atoms with van der Waals surface area (Å²) in [6.07, 6.45) is 4.06. The smallest absolute Gasteiger partial charge is 0.303 e. The summed E-state index contributed by atoms with van der Waals surface area (Å²) >= 11 is 0. The van der Waals surface area contributed by atoms with Crippen LogP contribution in [0.2, 0.25) is 0 Å². The molecule has 0 bridgehead atoms. The minimum atomic E-state index is -0.861. The molecule has 5 rings (SSSR count). The van der Waals surface area contributed by atoms with Gasteiger partial charge in [0, 0.05) is 33.1 Å². The summed E-state index contributed by atoms with van der Waals surface area (Å²) in [6, 6.07) is 20.2. The SMILES string of the molecule is C=C(COC(C)=O)C[C@@H]1C[C@H](OC(C)=O)[C@]2(C)O[C@@H]3C[C@H](OCc4ccccc4)[C@@H](/C=C/c4ccccc4)O[C@H]3C[C@H]2O1. The van der Waals surface area contributed by atoms with Crippen LogP contribution < -0.4 is 0 Å². The Morgan fingerprint density at radius 3 is 2.37 bits per heavy atom. The molecule has 3 heterocycles. The van der Waals surface area contributed by atoms with E-state index in [1.165, 1.54) is 13.8 Å². The maximum Gasteiger partial charge on any atom is 0.303 e. The maximum absolute atomic E-state index is 12.2. The molecule has 0 unspecified atom stereocenters. The molecule has 2 aromatic rings. The average molecular weight is 591 g/mol. The summed E-state index contributed by atoms with van der Waals surface area (Å²) in [5.41, 5.74) is 2.04. The van der Waals surface area contributed by atoms with Crippen LogP contribution in [0.1, 0.15) is 57.6 Å². The van der Waals surface area contributed by atoms with Crippen molar-refractivity contribution in [3.63, 3.8) is 0 Å². The zero-order valence-electron chi connectivity index (χ0n) is 25.2. The van der Waals surface area contributed by atoms with Gasteiger partial charge in [-0.2, -0.15) is 0 Å². The lowest BCUT2D eigenvalue weighted by atomic mass is 9.77. The molecule has 3 aliphatic rings. The first-order valence-corrected chi connectivity index (χ1v) is 15.0. The van der Waals surface area contributed by atoms with Gasteiger partial charge in [0.05, 0.1) is 37.1 Å². The minimum absolute atomic E-state index is 0.124. The van der Waals surface area contributed by atoms with Crippen LogP contribution in [-0.4, -0.2) is 66.9 Å². The van der Waals surface area contributed by atoms with Gasteiger partial charge in [-0.15, -0.1) is 0 Å². The predicted octanol–water partition coefficient (Wildman–Crippen LogP) is 5.59. The van der Waals surface area contributed by atoms with E-state index in [-0.39, 0.29) is 55.2 Å². The number of hydrogen-bond acceptors (Lipinski definition) is 8. The fourth-order valence-corrected chi connectivity index (χ4v) is 6.27. The second-order valence-corrected chi connectivity index (χ2v) is 11.9. The van der Waals surface area contributed by atoms with Crippen LogP contribution >= 0.6 is 0 Å². The van der Waals surface area contributed by atoms with Crippen LogP contribution in [0.4, 0.5) is 0 Å². The quantitative estimate of drug-likeness (QED) is 0.261. The summed E-state index contributed by atoms with van der Waals surface area (Å²) in [5, 5.41) is 0. The molecular weight excluding hydrogens is 548 g/mol. The molecular formula is C35H42O8. The van der Waals surface area contributed by atoms with Gasteiger partial charge in [-0.1, -0.05) is 79.4 Å². The van der Waals surface area contributed by atoms with Gasteiger partial charge in [0.1, 0.15) is 24.4 Å². The summed E-state index contributed by atoms with van der Waals surface area (Å²) in [5.74, 6) is -0.732. The van der Waals surface area contributed by atoms with E-state index in [2.05, 4.69) is 30.9 Å². The van der Waals surface area contributed by atoms with Crippen LogP contribution in [0.25, 0.3) is 6.08 Å². The van der Waals surface area contributed by atoms with E-state index in [0.717, 1.165) is 16.7 Å². The van der Waals surface area contributed by atoms with Gasteiger partial charge >= 0.3 is 11.9 Å². The predicted molar refractivity (Wildman–Crippen MR) is 161 cm³/mol. The first-order chi connectivity index (χ1) is 20.7. The van der Waals surface area contributed by atoms with E-state index < -0.39 is 11.7 Å². The zero-order chi connectivity index (χ0) is 30.4. The third-order valence-electron chi connectivity index (χ3n) is 8.43. The normalized spacial score (nSPS) is 31.9. The molecule has 8 atom stereocenters. The van der Waals surface area contributed by atoms with Crippen LogP contribution in [0, 0.1) is 0 Å².